The van der Waals surface area contributed by atoms with Crippen molar-refractivity contribution in [1.29, 1.82) is 0 Å². The van der Waals surface area contributed by atoms with E-state index in [1.807, 2.05) is 13.2 Å². The van der Waals surface area contributed by atoms with Gasteiger partial charge in [0.2, 0.25) is 0 Å². The second kappa shape index (κ2) is 5.33. The molecule has 1 aliphatic heterocycles. The van der Waals surface area contributed by atoms with Gasteiger partial charge in [-0.15, -0.1) is 0 Å². The average Bonchev–Trinajstić information content (AvgIpc) is 2.45. The van der Waals surface area contributed by atoms with E-state index in [0.29, 0.717) is 6.04 Å². The molecule has 0 amide bonds. The third-order valence-corrected chi connectivity index (χ3v) is 4.97. The minimum atomic E-state index is -0.302. The van der Waals surface area contributed by atoms with Gasteiger partial charge in [0.1, 0.15) is 5.60 Å². The summed E-state index contributed by atoms with van der Waals surface area (Å²) in [5.74, 6) is 0.869. The standard InChI is InChI=1S/C17H27N3O/c1-16(2)9-13(18-4)12-11-19-15(20-14(12)10-16)17(3)7-5-6-8-21-17/h11,13,18H,5-10H2,1-4H3. The summed E-state index contributed by atoms with van der Waals surface area (Å²) in [6.45, 7) is 7.60. The number of hydrogen-bond acceptors (Lipinski definition) is 4. The predicted molar refractivity (Wildman–Crippen MR) is 83.1 cm³/mol. The second-order valence-electron chi connectivity index (χ2n) is 7.52. The van der Waals surface area contributed by atoms with Gasteiger partial charge in [0.05, 0.1) is 0 Å². The van der Waals surface area contributed by atoms with Crippen molar-refractivity contribution >= 4 is 0 Å². The van der Waals surface area contributed by atoms with Crippen LogP contribution < -0.4 is 5.32 Å². The van der Waals surface area contributed by atoms with Gasteiger partial charge >= 0.3 is 0 Å². The molecule has 3 rings (SSSR count). The van der Waals surface area contributed by atoms with Crippen molar-refractivity contribution in [3.05, 3.63) is 23.3 Å². The molecule has 1 aromatic rings. The molecular weight excluding hydrogens is 262 g/mol. The summed E-state index contributed by atoms with van der Waals surface area (Å²) < 4.78 is 6.01. The number of fused-ring (bicyclic) bond motifs is 1. The first-order chi connectivity index (χ1) is 9.93. The second-order valence-corrected chi connectivity index (χ2v) is 7.52. The van der Waals surface area contributed by atoms with Crippen LogP contribution in [-0.4, -0.2) is 23.6 Å². The number of nitrogens with zero attached hydrogens (tertiary/aromatic N) is 2. The van der Waals surface area contributed by atoms with Crippen LogP contribution in [0.1, 0.15) is 69.6 Å². The molecule has 21 heavy (non-hydrogen) atoms. The Morgan fingerprint density at radius 2 is 2.10 bits per heavy atom. The summed E-state index contributed by atoms with van der Waals surface area (Å²) in [4.78, 5) is 9.58. The Hall–Kier alpha value is -1.00. The van der Waals surface area contributed by atoms with E-state index in [9.17, 15) is 0 Å². The third-order valence-electron chi connectivity index (χ3n) is 4.97. The van der Waals surface area contributed by atoms with E-state index < -0.39 is 0 Å². The molecule has 0 spiro atoms. The molecular formula is C17H27N3O. The maximum atomic E-state index is 6.01. The highest BCUT2D eigenvalue weighted by molar-refractivity contribution is 5.27. The fourth-order valence-electron chi connectivity index (χ4n) is 3.67. The monoisotopic (exact) mass is 289 g/mol. The molecule has 0 saturated carbocycles. The zero-order valence-electron chi connectivity index (χ0n) is 13.7. The molecule has 2 heterocycles. The van der Waals surface area contributed by atoms with Gasteiger partial charge in [-0.1, -0.05) is 13.8 Å². The topological polar surface area (TPSA) is 47.0 Å². The van der Waals surface area contributed by atoms with Crippen molar-refractivity contribution in [3.8, 4) is 0 Å². The molecule has 1 aliphatic carbocycles. The van der Waals surface area contributed by atoms with Crippen molar-refractivity contribution < 1.29 is 4.74 Å². The van der Waals surface area contributed by atoms with Gasteiger partial charge in [-0.25, -0.2) is 9.97 Å². The molecule has 2 unspecified atom stereocenters. The Balaban J connectivity index is 1.97. The van der Waals surface area contributed by atoms with Gasteiger partial charge < -0.3 is 10.1 Å². The first-order valence-electron chi connectivity index (χ1n) is 8.11. The van der Waals surface area contributed by atoms with E-state index in [0.717, 1.165) is 38.1 Å². The Morgan fingerprint density at radius 3 is 2.76 bits per heavy atom. The summed E-state index contributed by atoms with van der Waals surface area (Å²) >= 11 is 0. The summed E-state index contributed by atoms with van der Waals surface area (Å²) in [5, 5.41) is 3.41. The van der Waals surface area contributed by atoms with Gasteiger partial charge in [0.15, 0.2) is 5.82 Å². The van der Waals surface area contributed by atoms with Crippen molar-refractivity contribution in [2.45, 2.75) is 64.5 Å². The number of aromatic nitrogens is 2. The number of hydrogen-bond donors (Lipinski definition) is 1. The van der Waals surface area contributed by atoms with Crippen molar-refractivity contribution in [2.75, 3.05) is 13.7 Å². The van der Waals surface area contributed by atoms with Crippen LogP contribution in [0.15, 0.2) is 6.20 Å². The lowest BCUT2D eigenvalue weighted by Gasteiger charge is -2.38. The molecule has 2 aliphatic rings. The smallest absolute Gasteiger partial charge is 0.160 e. The summed E-state index contributed by atoms with van der Waals surface area (Å²) in [6.07, 6.45) is 7.54. The molecule has 116 valence electrons. The summed E-state index contributed by atoms with van der Waals surface area (Å²) in [5.41, 5.74) is 2.44. The Kier molecular flexibility index (Phi) is 3.78. The van der Waals surface area contributed by atoms with Crippen LogP contribution in [0.5, 0.6) is 0 Å². The highest BCUT2D eigenvalue weighted by Gasteiger charge is 2.37. The van der Waals surface area contributed by atoms with E-state index >= 15 is 0 Å². The van der Waals surface area contributed by atoms with Crippen molar-refractivity contribution in [3.63, 3.8) is 0 Å². The van der Waals surface area contributed by atoms with Crippen molar-refractivity contribution in [1.82, 2.24) is 15.3 Å². The zero-order chi connectivity index (χ0) is 15.1. The molecule has 2 atom stereocenters. The SMILES string of the molecule is CNC1CC(C)(C)Cc2nc(C3(C)CCCCO3)ncc21. The third kappa shape index (κ3) is 2.84. The van der Waals surface area contributed by atoms with Gasteiger partial charge in [-0.2, -0.15) is 0 Å². The van der Waals surface area contributed by atoms with E-state index in [1.54, 1.807) is 0 Å². The average molecular weight is 289 g/mol. The molecule has 0 bridgehead atoms. The Labute approximate surface area is 127 Å². The highest BCUT2D eigenvalue weighted by Crippen LogP contribution is 2.41. The van der Waals surface area contributed by atoms with Crippen LogP contribution in [0.25, 0.3) is 0 Å². The molecule has 0 radical (unpaired) electrons. The van der Waals surface area contributed by atoms with E-state index in [1.165, 1.54) is 17.7 Å². The summed E-state index contributed by atoms with van der Waals surface area (Å²) in [7, 11) is 2.02. The number of ether oxygens (including phenoxy) is 1. The molecule has 4 nitrogen and oxygen atoms in total. The maximum Gasteiger partial charge on any atom is 0.160 e. The first-order valence-corrected chi connectivity index (χ1v) is 8.11. The number of rotatable bonds is 2. The van der Waals surface area contributed by atoms with Crippen LogP contribution in [0.4, 0.5) is 0 Å². The lowest BCUT2D eigenvalue weighted by Crippen LogP contribution is -2.36. The fourth-order valence-corrected chi connectivity index (χ4v) is 3.67. The van der Waals surface area contributed by atoms with Crippen LogP contribution in [-0.2, 0) is 16.8 Å². The predicted octanol–water partition coefficient (Wildman–Crippen LogP) is 3.13. The molecule has 1 aromatic heterocycles. The highest BCUT2D eigenvalue weighted by atomic mass is 16.5. The zero-order valence-corrected chi connectivity index (χ0v) is 13.7. The lowest BCUT2D eigenvalue weighted by molar-refractivity contribution is -0.0763. The largest absolute Gasteiger partial charge is 0.367 e. The van der Waals surface area contributed by atoms with Crippen LogP contribution in [0, 0.1) is 5.41 Å². The van der Waals surface area contributed by atoms with Crippen molar-refractivity contribution in [2.24, 2.45) is 5.41 Å². The molecule has 4 heteroatoms. The van der Waals surface area contributed by atoms with Gasteiger partial charge in [-0.05, 0) is 51.5 Å². The summed E-state index contributed by atoms with van der Waals surface area (Å²) in [6, 6.07) is 0.359. The quantitative estimate of drug-likeness (QED) is 0.908. The normalized spacial score (nSPS) is 31.7. The Bertz CT molecular complexity index is 521. The first kappa shape index (κ1) is 14.9. The minimum absolute atomic E-state index is 0.278. The Morgan fingerprint density at radius 1 is 1.29 bits per heavy atom. The van der Waals surface area contributed by atoms with E-state index in [-0.39, 0.29) is 11.0 Å². The van der Waals surface area contributed by atoms with Crippen LogP contribution in [0.3, 0.4) is 0 Å². The van der Waals surface area contributed by atoms with Crippen LogP contribution >= 0.6 is 0 Å². The molecule has 1 fully saturated rings. The number of nitrogens with one attached hydrogen (secondary N) is 1. The van der Waals surface area contributed by atoms with Crippen LogP contribution in [0.2, 0.25) is 0 Å². The minimum Gasteiger partial charge on any atom is -0.367 e. The lowest BCUT2D eigenvalue weighted by atomic mass is 9.74. The fraction of sp³-hybridized carbons (Fsp3) is 0.765. The van der Waals surface area contributed by atoms with Gasteiger partial charge in [0, 0.05) is 30.1 Å². The van der Waals surface area contributed by atoms with E-state index in [4.69, 9.17) is 9.72 Å². The maximum absolute atomic E-state index is 6.01. The molecule has 1 saturated heterocycles. The van der Waals surface area contributed by atoms with Gasteiger partial charge in [-0.3, -0.25) is 0 Å². The van der Waals surface area contributed by atoms with E-state index in [2.05, 4.69) is 31.1 Å². The molecule has 1 N–H and O–H groups in total. The molecule has 0 aromatic carbocycles. The van der Waals surface area contributed by atoms with Gasteiger partial charge in [0.25, 0.3) is 0 Å².